The van der Waals surface area contributed by atoms with Crippen molar-refractivity contribution in [2.45, 2.75) is 39.5 Å². The van der Waals surface area contributed by atoms with E-state index in [4.69, 9.17) is 0 Å². The Hall–Kier alpha value is -0.960. The van der Waals surface area contributed by atoms with Crippen molar-refractivity contribution < 1.29 is 13.2 Å². The molecule has 0 N–H and O–H groups in total. The quantitative estimate of drug-likeness (QED) is 0.779. The van der Waals surface area contributed by atoms with Crippen molar-refractivity contribution in [2.75, 3.05) is 39.3 Å². The van der Waals surface area contributed by atoms with E-state index in [9.17, 15) is 13.2 Å². The molecule has 1 aliphatic heterocycles. The predicted molar refractivity (Wildman–Crippen MR) is 100 cm³/mol. The maximum absolute atomic E-state index is 12.9. The van der Waals surface area contributed by atoms with Crippen LogP contribution in [0.2, 0.25) is 0 Å². The summed E-state index contributed by atoms with van der Waals surface area (Å²) in [6.07, 6.45) is 4.45. The van der Waals surface area contributed by atoms with Crippen LogP contribution in [-0.4, -0.2) is 67.1 Å². The second-order valence-electron chi connectivity index (χ2n) is 6.54. The number of thiophene rings is 1. The third-order valence-corrected chi connectivity index (χ3v) is 8.45. The summed E-state index contributed by atoms with van der Waals surface area (Å²) in [5, 5.41) is 2.00. The van der Waals surface area contributed by atoms with Gasteiger partial charge in [-0.05, 0) is 31.2 Å². The van der Waals surface area contributed by atoms with Gasteiger partial charge in [0.2, 0.25) is 0 Å². The summed E-state index contributed by atoms with van der Waals surface area (Å²) < 4.78 is 28.2. The lowest BCUT2D eigenvalue weighted by Crippen LogP contribution is -2.54. The Balaban J connectivity index is 1.66. The first-order valence-electron chi connectivity index (χ1n) is 9.12. The standard InChI is InChI=1S/C17H27N3O3S2/c1-3-19(4-2)25(22,23)20-11-9-18(10-12-20)17(21)15-13-24-16-8-6-5-7-14(15)16/h13H,3-12H2,1-2H3. The van der Waals surface area contributed by atoms with Gasteiger partial charge in [0.25, 0.3) is 16.1 Å². The second kappa shape index (κ2) is 7.73. The highest BCUT2D eigenvalue weighted by Gasteiger charge is 2.33. The van der Waals surface area contributed by atoms with Crippen LogP contribution < -0.4 is 0 Å². The molecule has 1 saturated heterocycles. The molecule has 0 bridgehead atoms. The molecule has 140 valence electrons. The number of hydrogen-bond donors (Lipinski definition) is 0. The third-order valence-electron chi connectivity index (χ3n) is 5.18. The van der Waals surface area contributed by atoms with E-state index in [1.807, 2.05) is 24.1 Å². The van der Waals surface area contributed by atoms with Gasteiger partial charge in [-0.25, -0.2) is 0 Å². The molecule has 1 fully saturated rings. The number of hydrogen-bond acceptors (Lipinski definition) is 4. The Labute approximate surface area is 154 Å². The average molecular weight is 386 g/mol. The van der Waals surface area contributed by atoms with Gasteiger partial charge in [0.1, 0.15) is 0 Å². The fourth-order valence-electron chi connectivity index (χ4n) is 3.68. The van der Waals surface area contributed by atoms with E-state index < -0.39 is 10.2 Å². The maximum Gasteiger partial charge on any atom is 0.282 e. The van der Waals surface area contributed by atoms with E-state index in [1.54, 1.807) is 11.3 Å². The normalized spacial score (nSPS) is 19.2. The zero-order chi connectivity index (χ0) is 18.0. The van der Waals surface area contributed by atoms with E-state index in [-0.39, 0.29) is 5.91 Å². The topological polar surface area (TPSA) is 60.9 Å². The minimum absolute atomic E-state index is 0.0688. The van der Waals surface area contributed by atoms with Gasteiger partial charge in [-0.3, -0.25) is 4.79 Å². The number of amides is 1. The molecule has 8 heteroatoms. The van der Waals surface area contributed by atoms with Crippen LogP contribution >= 0.6 is 11.3 Å². The molecular weight excluding hydrogens is 358 g/mol. The molecule has 0 radical (unpaired) electrons. The Kier molecular flexibility index (Phi) is 5.82. The van der Waals surface area contributed by atoms with Gasteiger partial charge in [0, 0.05) is 49.5 Å². The van der Waals surface area contributed by atoms with Crippen LogP contribution in [0.5, 0.6) is 0 Å². The number of carbonyl (C=O) groups is 1. The lowest BCUT2D eigenvalue weighted by molar-refractivity contribution is 0.0693. The van der Waals surface area contributed by atoms with E-state index in [0.717, 1.165) is 24.8 Å². The van der Waals surface area contributed by atoms with Gasteiger partial charge in [-0.1, -0.05) is 13.8 Å². The lowest BCUT2D eigenvalue weighted by atomic mass is 9.95. The average Bonchev–Trinajstić information content (AvgIpc) is 3.06. The molecule has 1 amide bonds. The SMILES string of the molecule is CCN(CC)S(=O)(=O)N1CCN(C(=O)c2csc3c2CCCC3)CC1. The van der Waals surface area contributed by atoms with Gasteiger partial charge in [0.05, 0.1) is 5.56 Å². The first-order chi connectivity index (χ1) is 12.0. The molecule has 2 aliphatic rings. The molecule has 1 aliphatic carbocycles. The number of fused-ring (bicyclic) bond motifs is 1. The van der Waals surface area contributed by atoms with Crippen molar-refractivity contribution in [1.29, 1.82) is 0 Å². The number of piperazine rings is 1. The zero-order valence-electron chi connectivity index (χ0n) is 15.0. The summed E-state index contributed by atoms with van der Waals surface area (Å²) in [6, 6.07) is 0. The minimum atomic E-state index is -3.41. The van der Waals surface area contributed by atoms with Crippen LogP contribution in [0.3, 0.4) is 0 Å². The molecule has 25 heavy (non-hydrogen) atoms. The third kappa shape index (κ3) is 3.63. The lowest BCUT2D eigenvalue weighted by Gasteiger charge is -2.36. The molecule has 2 heterocycles. The van der Waals surface area contributed by atoms with Gasteiger partial charge < -0.3 is 4.90 Å². The van der Waals surface area contributed by atoms with Crippen LogP contribution in [0.15, 0.2) is 5.38 Å². The summed E-state index contributed by atoms with van der Waals surface area (Å²) in [4.78, 5) is 16.1. The van der Waals surface area contributed by atoms with Crippen molar-refractivity contribution in [3.8, 4) is 0 Å². The smallest absolute Gasteiger partial charge is 0.282 e. The molecular formula is C17H27N3O3S2. The molecule has 1 aromatic heterocycles. The molecule has 0 aromatic carbocycles. The van der Waals surface area contributed by atoms with Crippen molar-refractivity contribution in [2.24, 2.45) is 0 Å². The number of carbonyl (C=O) groups excluding carboxylic acids is 1. The number of nitrogens with zero attached hydrogens (tertiary/aromatic N) is 3. The molecule has 3 rings (SSSR count). The van der Waals surface area contributed by atoms with Crippen molar-refractivity contribution >= 4 is 27.5 Å². The van der Waals surface area contributed by atoms with Crippen molar-refractivity contribution in [1.82, 2.24) is 13.5 Å². The second-order valence-corrected chi connectivity index (χ2v) is 9.43. The van der Waals surface area contributed by atoms with Crippen molar-refractivity contribution in [3.63, 3.8) is 0 Å². The Bertz CT molecular complexity index is 717. The van der Waals surface area contributed by atoms with Gasteiger partial charge in [-0.15, -0.1) is 11.3 Å². The van der Waals surface area contributed by atoms with Crippen LogP contribution in [0.1, 0.15) is 47.5 Å². The van der Waals surface area contributed by atoms with E-state index in [0.29, 0.717) is 39.3 Å². The monoisotopic (exact) mass is 385 g/mol. The first-order valence-corrected chi connectivity index (χ1v) is 11.4. The van der Waals surface area contributed by atoms with Gasteiger partial charge in [0.15, 0.2) is 0 Å². The number of aryl methyl sites for hydroxylation is 1. The molecule has 0 spiro atoms. The van der Waals surface area contributed by atoms with Crippen LogP contribution in [0.25, 0.3) is 0 Å². The van der Waals surface area contributed by atoms with Crippen LogP contribution in [-0.2, 0) is 23.1 Å². The highest BCUT2D eigenvalue weighted by atomic mass is 32.2. The minimum Gasteiger partial charge on any atom is -0.336 e. The molecule has 6 nitrogen and oxygen atoms in total. The summed E-state index contributed by atoms with van der Waals surface area (Å²) in [5.74, 6) is 0.0688. The Morgan fingerprint density at radius 1 is 1.12 bits per heavy atom. The number of rotatable bonds is 5. The predicted octanol–water partition coefficient (Wildman–Crippen LogP) is 1.97. The zero-order valence-corrected chi connectivity index (χ0v) is 16.7. The van der Waals surface area contributed by atoms with Crippen molar-refractivity contribution in [3.05, 3.63) is 21.4 Å². The summed E-state index contributed by atoms with van der Waals surface area (Å²) in [7, 11) is -3.41. The summed E-state index contributed by atoms with van der Waals surface area (Å²) in [6.45, 7) is 6.31. The Morgan fingerprint density at radius 2 is 1.76 bits per heavy atom. The van der Waals surface area contributed by atoms with E-state index >= 15 is 0 Å². The molecule has 0 atom stereocenters. The highest BCUT2D eigenvalue weighted by molar-refractivity contribution is 7.86. The Morgan fingerprint density at radius 3 is 2.40 bits per heavy atom. The fraction of sp³-hybridized carbons (Fsp3) is 0.706. The fourth-order valence-corrected chi connectivity index (χ4v) is 6.40. The van der Waals surface area contributed by atoms with Gasteiger partial charge in [-0.2, -0.15) is 17.0 Å². The first kappa shape index (κ1) is 18.8. The highest BCUT2D eigenvalue weighted by Crippen LogP contribution is 2.31. The van der Waals surface area contributed by atoms with Crippen LogP contribution in [0.4, 0.5) is 0 Å². The van der Waals surface area contributed by atoms with Gasteiger partial charge >= 0.3 is 0 Å². The van der Waals surface area contributed by atoms with E-state index in [2.05, 4.69) is 0 Å². The maximum atomic E-state index is 12.9. The largest absolute Gasteiger partial charge is 0.336 e. The van der Waals surface area contributed by atoms with Crippen LogP contribution in [0, 0.1) is 0 Å². The summed E-state index contributed by atoms with van der Waals surface area (Å²) >= 11 is 1.70. The molecule has 0 unspecified atom stereocenters. The van der Waals surface area contributed by atoms with E-state index in [1.165, 1.54) is 25.5 Å². The summed E-state index contributed by atoms with van der Waals surface area (Å²) in [5.41, 5.74) is 2.08. The molecule has 1 aromatic rings. The molecule has 0 saturated carbocycles.